The molecule has 2 heterocycles. The fourth-order valence-electron chi connectivity index (χ4n) is 4.08. The molecule has 1 unspecified atom stereocenters. The maximum Gasteiger partial charge on any atom is 0.225 e. The molecule has 1 N–H and O–H groups in total. The Hall–Kier alpha value is -2.73. The van der Waals surface area contributed by atoms with Gasteiger partial charge in [-0.2, -0.15) is 0 Å². The van der Waals surface area contributed by atoms with Gasteiger partial charge in [0, 0.05) is 17.7 Å². The normalized spacial score (nSPS) is 18.6. The van der Waals surface area contributed by atoms with Gasteiger partial charge >= 0.3 is 0 Å². The molecule has 30 heavy (non-hydrogen) atoms. The molecule has 2 aromatic carbocycles. The van der Waals surface area contributed by atoms with Crippen LogP contribution >= 0.6 is 0 Å². The summed E-state index contributed by atoms with van der Waals surface area (Å²) >= 11 is 0. The Balaban J connectivity index is 1.50. The third-order valence-corrected chi connectivity index (χ3v) is 5.68. The Labute approximate surface area is 178 Å². The zero-order valence-electron chi connectivity index (χ0n) is 18.1. The molecule has 4 rings (SSSR count). The molecule has 0 radical (unpaired) electrons. The second-order valence-corrected chi connectivity index (χ2v) is 7.71. The molecule has 0 spiro atoms. The number of oxime groups is 1. The van der Waals surface area contributed by atoms with E-state index in [0.29, 0.717) is 13.2 Å². The summed E-state index contributed by atoms with van der Waals surface area (Å²) in [4.78, 5) is 8.26. The molecule has 0 saturated carbocycles. The quantitative estimate of drug-likeness (QED) is 0.702. The van der Waals surface area contributed by atoms with Crippen LogP contribution in [0.2, 0.25) is 0 Å². The summed E-state index contributed by atoms with van der Waals surface area (Å²) in [6.45, 7) is 10.6. The minimum absolute atomic E-state index is 0.350. The third kappa shape index (κ3) is 4.38. The van der Waals surface area contributed by atoms with Gasteiger partial charge in [-0.15, -0.1) is 0 Å². The van der Waals surface area contributed by atoms with E-state index in [-0.39, 0.29) is 6.23 Å². The number of likely N-dealkylation sites (tertiary alicyclic amines) is 1. The molecule has 6 nitrogen and oxygen atoms in total. The first-order valence-electron chi connectivity index (χ1n) is 10.9. The third-order valence-electron chi connectivity index (χ3n) is 5.68. The summed E-state index contributed by atoms with van der Waals surface area (Å²) in [5.74, 6) is 2.24. The monoisotopic (exact) mass is 409 g/mol. The highest BCUT2D eigenvalue weighted by Crippen LogP contribution is 2.32. The predicted molar refractivity (Wildman–Crippen MR) is 118 cm³/mol. The Morgan fingerprint density at radius 3 is 2.60 bits per heavy atom. The van der Waals surface area contributed by atoms with Crippen molar-refractivity contribution in [2.45, 2.75) is 46.4 Å². The topological polar surface area (TPSA) is 55.3 Å². The van der Waals surface area contributed by atoms with Crippen LogP contribution in [0.25, 0.3) is 0 Å². The molecule has 0 aromatic heterocycles. The van der Waals surface area contributed by atoms with E-state index in [0.717, 1.165) is 35.0 Å². The van der Waals surface area contributed by atoms with Crippen LogP contribution in [0, 0.1) is 6.92 Å². The number of hydrogen-bond acceptors (Lipinski definition) is 6. The first-order chi connectivity index (χ1) is 14.7. The molecule has 160 valence electrons. The van der Waals surface area contributed by atoms with E-state index < -0.39 is 0 Å². The van der Waals surface area contributed by atoms with Gasteiger partial charge in [-0.1, -0.05) is 23.4 Å². The van der Waals surface area contributed by atoms with E-state index in [4.69, 9.17) is 14.3 Å². The Morgan fingerprint density at radius 2 is 1.83 bits per heavy atom. The van der Waals surface area contributed by atoms with Crippen molar-refractivity contribution in [3.8, 4) is 11.5 Å². The lowest BCUT2D eigenvalue weighted by Gasteiger charge is -2.18. The van der Waals surface area contributed by atoms with Crippen LogP contribution in [-0.2, 0) is 11.4 Å². The largest absolute Gasteiger partial charge is 0.490 e. The first kappa shape index (κ1) is 20.5. The second-order valence-electron chi connectivity index (χ2n) is 7.71. The summed E-state index contributed by atoms with van der Waals surface area (Å²) in [5.41, 5.74) is 4.64. The van der Waals surface area contributed by atoms with Crippen molar-refractivity contribution in [1.82, 2.24) is 10.2 Å². The number of nitrogens with zero attached hydrogens (tertiary/aromatic N) is 2. The Bertz CT molecular complexity index is 907. The van der Waals surface area contributed by atoms with Gasteiger partial charge in [0.25, 0.3) is 0 Å². The van der Waals surface area contributed by atoms with Gasteiger partial charge in [0.15, 0.2) is 17.3 Å². The average molecular weight is 410 g/mol. The highest BCUT2D eigenvalue weighted by molar-refractivity contribution is 6.00. The lowest BCUT2D eigenvalue weighted by molar-refractivity contribution is 0.0726. The van der Waals surface area contributed by atoms with Crippen molar-refractivity contribution < 1.29 is 14.3 Å². The number of amidine groups is 1. The fourth-order valence-corrected chi connectivity index (χ4v) is 4.08. The van der Waals surface area contributed by atoms with Crippen molar-refractivity contribution in [2.75, 3.05) is 26.3 Å². The molecule has 0 amide bonds. The minimum Gasteiger partial charge on any atom is -0.490 e. The van der Waals surface area contributed by atoms with Crippen LogP contribution in [0.3, 0.4) is 0 Å². The van der Waals surface area contributed by atoms with Crippen LogP contribution in [0.15, 0.2) is 41.6 Å². The molecule has 6 heteroatoms. The number of rotatable bonds is 8. The minimum atomic E-state index is -0.350. The van der Waals surface area contributed by atoms with Crippen LogP contribution in [0.1, 0.15) is 55.2 Å². The zero-order valence-corrected chi connectivity index (χ0v) is 18.1. The summed E-state index contributed by atoms with van der Waals surface area (Å²) in [6.07, 6.45) is 2.25. The number of hydrogen-bond donors (Lipinski definition) is 1. The molecule has 1 atom stereocenters. The van der Waals surface area contributed by atoms with Gasteiger partial charge in [-0.05, 0) is 76.0 Å². The maximum absolute atomic E-state index is 5.75. The SMILES string of the molecule is CCOc1ccc(C2NC(c3cccc(CN4CCCC4)c3C)=NO2)cc1OCC. The van der Waals surface area contributed by atoms with Crippen LogP contribution in [0.4, 0.5) is 0 Å². The molecule has 0 bridgehead atoms. The van der Waals surface area contributed by atoms with Crippen molar-refractivity contribution in [1.29, 1.82) is 0 Å². The standard InChI is InChI=1S/C24H31N3O3/c1-4-28-21-12-11-18(15-22(21)29-5-2)24-25-23(26-30-24)20-10-8-9-19(17(20)3)16-27-13-6-7-14-27/h8-12,15,24H,4-7,13-14,16H2,1-3H3,(H,25,26). The smallest absolute Gasteiger partial charge is 0.225 e. The average Bonchev–Trinajstić information content (AvgIpc) is 3.43. The summed E-state index contributed by atoms with van der Waals surface area (Å²) in [7, 11) is 0. The molecule has 2 aliphatic heterocycles. The van der Waals surface area contributed by atoms with Gasteiger partial charge in [0.2, 0.25) is 6.23 Å². The zero-order chi connectivity index (χ0) is 20.9. The first-order valence-corrected chi connectivity index (χ1v) is 10.9. The van der Waals surface area contributed by atoms with E-state index in [1.807, 2.05) is 32.0 Å². The number of ether oxygens (including phenoxy) is 2. The number of benzene rings is 2. The van der Waals surface area contributed by atoms with Crippen molar-refractivity contribution in [3.63, 3.8) is 0 Å². The lowest BCUT2D eigenvalue weighted by atomic mass is 10.0. The molecule has 2 aromatic rings. The van der Waals surface area contributed by atoms with Crippen LogP contribution in [0.5, 0.6) is 11.5 Å². The van der Waals surface area contributed by atoms with Gasteiger partial charge in [0.05, 0.1) is 13.2 Å². The predicted octanol–water partition coefficient (Wildman–Crippen LogP) is 4.37. The highest BCUT2D eigenvalue weighted by Gasteiger charge is 2.25. The van der Waals surface area contributed by atoms with E-state index in [2.05, 4.69) is 40.5 Å². The van der Waals surface area contributed by atoms with Gasteiger partial charge in [-0.3, -0.25) is 4.90 Å². The van der Waals surface area contributed by atoms with E-state index in [1.165, 1.54) is 37.1 Å². The lowest BCUT2D eigenvalue weighted by Crippen LogP contribution is -2.25. The maximum atomic E-state index is 5.75. The van der Waals surface area contributed by atoms with E-state index in [1.54, 1.807) is 0 Å². The summed E-state index contributed by atoms with van der Waals surface area (Å²) < 4.78 is 11.4. The Morgan fingerprint density at radius 1 is 1.07 bits per heavy atom. The molecular weight excluding hydrogens is 378 g/mol. The molecule has 0 aliphatic carbocycles. The van der Waals surface area contributed by atoms with Crippen LogP contribution < -0.4 is 14.8 Å². The van der Waals surface area contributed by atoms with Gasteiger partial charge in [0.1, 0.15) is 0 Å². The molecule has 1 saturated heterocycles. The van der Waals surface area contributed by atoms with Crippen LogP contribution in [-0.4, -0.2) is 37.0 Å². The number of nitrogens with one attached hydrogen (secondary N) is 1. The van der Waals surface area contributed by atoms with E-state index in [9.17, 15) is 0 Å². The van der Waals surface area contributed by atoms with Gasteiger partial charge < -0.3 is 19.6 Å². The van der Waals surface area contributed by atoms with Crippen molar-refractivity contribution in [2.24, 2.45) is 5.16 Å². The molecule has 1 fully saturated rings. The Kier molecular flexibility index (Phi) is 6.43. The molecular formula is C24H31N3O3. The fraction of sp³-hybridized carbons (Fsp3) is 0.458. The highest BCUT2D eigenvalue weighted by atomic mass is 16.7. The van der Waals surface area contributed by atoms with Crippen molar-refractivity contribution >= 4 is 5.84 Å². The summed E-state index contributed by atoms with van der Waals surface area (Å²) in [6, 6.07) is 12.3. The van der Waals surface area contributed by atoms with E-state index >= 15 is 0 Å². The second kappa shape index (κ2) is 9.39. The molecule has 2 aliphatic rings. The summed E-state index contributed by atoms with van der Waals surface area (Å²) in [5, 5.41) is 7.78. The van der Waals surface area contributed by atoms with Gasteiger partial charge in [-0.25, -0.2) is 0 Å². The van der Waals surface area contributed by atoms with Crippen molar-refractivity contribution in [3.05, 3.63) is 58.7 Å².